The zero-order valence-corrected chi connectivity index (χ0v) is 10.9. The lowest BCUT2D eigenvalue weighted by Crippen LogP contribution is -1.99. The zero-order chi connectivity index (χ0) is 11.8. The van der Waals surface area contributed by atoms with Crippen LogP contribution >= 0.6 is 22.9 Å². The van der Waals surface area contributed by atoms with Crippen LogP contribution in [0.25, 0.3) is 10.6 Å². The van der Waals surface area contributed by atoms with Crippen LogP contribution in [0.3, 0.4) is 0 Å². The minimum Gasteiger partial charge on any atom is -0.398 e. The fourth-order valence-corrected chi connectivity index (χ4v) is 3.54. The summed E-state index contributed by atoms with van der Waals surface area (Å²) in [6, 6.07) is 5.56. The average Bonchev–Trinajstić information content (AvgIpc) is 2.75. The van der Waals surface area contributed by atoms with E-state index in [1.165, 1.54) is 23.4 Å². The van der Waals surface area contributed by atoms with Crippen LogP contribution in [0.4, 0.5) is 5.69 Å². The fraction of sp³-hybridized carbons (Fsp3) is 0.308. The van der Waals surface area contributed by atoms with Crippen LogP contribution in [-0.4, -0.2) is 4.98 Å². The van der Waals surface area contributed by atoms with Crippen LogP contribution in [0, 0.1) is 0 Å². The van der Waals surface area contributed by atoms with Crippen molar-refractivity contribution in [2.75, 3.05) is 5.73 Å². The van der Waals surface area contributed by atoms with E-state index in [1.807, 2.05) is 18.2 Å². The molecule has 2 N–H and O–H groups in total. The minimum absolute atomic E-state index is 0.711. The normalized spacial score (nSPS) is 14.6. The van der Waals surface area contributed by atoms with Gasteiger partial charge in [0.25, 0.3) is 0 Å². The summed E-state index contributed by atoms with van der Waals surface area (Å²) in [5.41, 5.74) is 8.97. The molecule has 1 aliphatic carbocycles. The Balaban J connectivity index is 2.08. The highest BCUT2D eigenvalue weighted by atomic mass is 35.5. The highest BCUT2D eigenvalue weighted by Crippen LogP contribution is 2.36. The lowest BCUT2D eigenvalue weighted by atomic mass is 10.0. The number of hydrogen-bond acceptors (Lipinski definition) is 3. The number of nitrogen functional groups attached to an aromatic ring is 1. The molecule has 0 saturated carbocycles. The summed E-state index contributed by atoms with van der Waals surface area (Å²) in [5, 5.41) is 1.72. The van der Waals surface area contributed by atoms with Crippen LogP contribution in [0.15, 0.2) is 18.2 Å². The van der Waals surface area contributed by atoms with E-state index < -0.39 is 0 Å². The van der Waals surface area contributed by atoms with E-state index in [2.05, 4.69) is 0 Å². The topological polar surface area (TPSA) is 38.9 Å². The number of aryl methyl sites for hydroxylation is 2. The van der Waals surface area contributed by atoms with E-state index in [9.17, 15) is 0 Å². The fourth-order valence-electron chi connectivity index (χ4n) is 2.18. The lowest BCUT2D eigenvalue weighted by Gasteiger charge is -2.06. The van der Waals surface area contributed by atoms with Crippen molar-refractivity contribution in [2.24, 2.45) is 0 Å². The van der Waals surface area contributed by atoms with E-state index in [1.54, 1.807) is 11.3 Å². The second kappa shape index (κ2) is 4.31. The second-order valence-electron chi connectivity index (χ2n) is 4.33. The largest absolute Gasteiger partial charge is 0.398 e. The summed E-state index contributed by atoms with van der Waals surface area (Å²) >= 11 is 7.78. The Morgan fingerprint density at radius 1 is 1.24 bits per heavy atom. The number of benzene rings is 1. The molecule has 0 unspecified atom stereocenters. The first-order chi connectivity index (χ1) is 8.24. The van der Waals surface area contributed by atoms with Gasteiger partial charge in [-0.1, -0.05) is 11.6 Å². The van der Waals surface area contributed by atoms with Crippen molar-refractivity contribution in [3.63, 3.8) is 0 Å². The van der Waals surface area contributed by atoms with Gasteiger partial charge in [0.05, 0.1) is 5.69 Å². The number of hydrogen-bond donors (Lipinski definition) is 1. The highest BCUT2D eigenvalue weighted by Gasteiger charge is 2.17. The van der Waals surface area contributed by atoms with Crippen molar-refractivity contribution in [3.8, 4) is 10.6 Å². The molecule has 0 aliphatic heterocycles. The standard InChI is InChI=1S/C13H13ClN2S/c14-8-5-6-10(15)9(7-8)13-16-11-3-1-2-4-12(11)17-13/h5-7H,1-4,15H2. The maximum absolute atomic E-state index is 6.01. The van der Waals surface area contributed by atoms with Crippen molar-refractivity contribution >= 4 is 28.6 Å². The molecule has 0 bridgehead atoms. The first-order valence-corrected chi connectivity index (χ1v) is 6.97. The monoisotopic (exact) mass is 264 g/mol. The van der Waals surface area contributed by atoms with Gasteiger partial charge in [0.1, 0.15) is 5.01 Å². The zero-order valence-electron chi connectivity index (χ0n) is 9.37. The molecular formula is C13H13ClN2S. The van der Waals surface area contributed by atoms with Crippen LogP contribution in [0.1, 0.15) is 23.4 Å². The van der Waals surface area contributed by atoms with Gasteiger partial charge in [-0.25, -0.2) is 4.98 Å². The van der Waals surface area contributed by atoms with Crippen LogP contribution in [0.2, 0.25) is 5.02 Å². The number of thiazole rings is 1. The Morgan fingerprint density at radius 3 is 2.88 bits per heavy atom. The van der Waals surface area contributed by atoms with Gasteiger partial charge in [-0.3, -0.25) is 0 Å². The molecule has 1 aliphatic rings. The number of anilines is 1. The van der Waals surface area contributed by atoms with Crippen molar-refractivity contribution < 1.29 is 0 Å². The van der Waals surface area contributed by atoms with Crippen LogP contribution in [-0.2, 0) is 12.8 Å². The molecule has 0 spiro atoms. The van der Waals surface area contributed by atoms with Gasteiger partial charge >= 0.3 is 0 Å². The second-order valence-corrected chi connectivity index (χ2v) is 5.85. The minimum atomic E-state index is 0.711. The number of rotatable bonds is 1. The Hall–Kier alpha value is -1.06. The van der Waals surface area contributed by atoms with Gasteiger partial charge in [0, 0.05) is 21.2 Å². The van der Waals surface area contributed by atoms with Crippen LogP contribution < -0.4 is 5.73 Å². The van der Waals surface area contributed by atoms with E-state index in [4.69, 9.17) is 22.3 Å². The van der Waals surface area contributed by atoms with Crippen molar-refractivity contribution in [1.82, 2.24) is 4.98 Å². The SMILES string of the molecule is Nc1ccc(Cl)cc1-c1nc2c(s1)CCCC2. The Bertz CT molecular complexity index is 539. The third kappa shape index (κ3) is 2.05. The van der Waals surface area contributed by atoms with Gasteiger partial charge in [0.2, 0.25) is 0 Å². The third-order valence-corrected chi connectivity index (χ3v) is 4.52. The Labute approximate surface area is 109 Å². The quantitative estimate of drug-likeness (QED) is 0.793. The van der Waals surface area contributed by atoms with Crippen molar-refractivity contribution in [3.05, 3.63) is 33.8 Å². The molecule has 1 aromatic carbocycles. The molecule has 0 amide bonds. The summed E-state index contributed by atoms with van der Waals surface area (Å²) in [6.45, 7) is 0. The molecule has 4 heteroatoms. The van der Waals surface area contributed by atoms with Crippen molar-refractivity contribution in [2.45, 2.75) is 25.7 Å². The van der Waals surface area contributed by atoms with Gasteiger partial charge in [0.15, 0.2) is 0 Å². The molecule has 0 atom stereocenters. The summed E-state index contributed by atoms with van der Waals surface area (Å²) < 4.78 is 0. The summed E-state index contributed by atoms with van der Waals surface area (Å²) in [7, 11) is 0. The van der Waals surface area contributed by atoms with E-state index in [0.29, 0.717) is 5.02 Å². The number of nitrogens with zero attached hydrogens (tertiary/aromatic N) is 1. The Morgan fingerprint density at radius 2 is 2.06 bits per heavy atom. The van der Waals surface area contributed by atoms with Gasteiger partial charge in [-0.05, 0) is 43.9 Å². The number of nitrogens with two attached hydrogens (primary N) is 1. The average molecular weight is 265 g/mol. The summed E-state index contributed by atoms with van der Waals surface area (Å²) in [4.78, 5) is 6.12. The van der Waals surface area contributed by atoms with Gasteiger partial charge in [-0.15, -0.1) is 11.3 Å². The number of aromatic nitrogens is 1. The Kier molecular flexibility index (Phi) is 2.81. The lowest BCUT2D eigenvalue weighted by molar-refractivity contribution is 0.682. The molecule has 0 radical (unpaired) electrons. The molecule has 0 fully saturated rings. The molecule has 2 aromatic rings. The maximum atomic E-state index is 6.01. The van der Waals surface area contributed by atoms with E-state index >= 15 is 0 Å². The van der Waals surface area contributed by atoms with Gasteiger partial charge in [-0.2, -0.15) is 0 Å². The first kappa shape index (κ1) is 11.1. The maximum Gasteiger partial charge on any atom is 0.126 e. The molecule has 88 valence electrons. The molecule has 2 nitrogen and oxygen atoms in total. The molecule has 17 heavy (non-hydrogen) atoms. The molecule has 3 rings (SSSR count). The number of fused-ring (bicyclic) bond motifs is 1. The predicted octanol–water partition coefficient (Wildman–Crippen LogP) is 3.92. The smallest absolute Gasteiger partial charge is 0.126 e. The molecule has 1 heterocycles. The van der Waals surface area contributed by atoms with E-state index in [-0.39, 0.29) is 0 Å². The van der Waals surface area contributed by atoms with E-state index in [0.717, 1.165) is 29.1 Å². The first-order valence-electron chi connectivity index (χ1n) is 5.78. The molecule has 0 saturated heterocycles. The highest BCUT2D eigenvalue weighted by molar-refractivity contribution is 7.15. The summed E-state index contributed by atoms with van der Waals surface area (Å²) in [6.07, 6.45) is 4.79. The van der Waals surface area contributed by atoms with Gasteiger partial charge < -0.3 is 5.73 Å². The van der Waals surface area contributed by atoms with Crippen molar-refractivity contribution in [1.29, 1.82) is 0 Å². The summed E-state index contributed by atoms with van der Waals surface area (Å²) in [5.74, 6) is 0. The third-order valence-electron chi connectivity index (χ3n) is 3.09. The molecule has 1 aromatic heterocycles. The number of halogens is 1. The predicted molar refractivity (Wildman–Crippen MR) is 73.6 cm³/mol. The molecular weight excluding hydrogens is 252 g/mol. The van der Waals surface area contributed by atoms with Crippen LogP contribution in [0.5, 0.6) is 0 Å².